The second-order valence-electron chi connectivity index (χ2n) is 7.64. The van der Waals surface area contributed by atoms with Gasteiger partial charge in [0.2, 0.25) is 0 Å². The number of benzene rings is 1. The number of thiophene rings is 1. The number of amides is 1. The van der Waals surface area contributed by atoms with Crippen LogP contribution in [0.1, 0.15) is 34.8 Å². The molecule has 160 valence electrons. The highest BCUT2D eigenvalue weighted by molar-refractivity contribution is 7.10. The van der Waals surface area contributed by atoms with Gasteiger partial charge < -0.3 is 9.15 Å². The summed E-state index contributed by atoms with van der Waals surface area (Å²) in [6.07, 6.45) is 2.06. The lowest BCUT2D eigenvalue weighted by molar-refractivity contribution is -0.136. The lowest BCUT2D eigenvalue weighted by Gasteiger charge is -2.33. The summed E-state index contributed by atoms with van der Waals surface area (Å²) in [5, 5.41) is 8.25. The molecule has 2 aliphatic rings. The smallest absolute Gasteiger partial charge is 0.257 e. The minimum atomic E-state index is -0.273. The number of halogens is 1. The first-order valence-corrected chi connectivity index (χ1v) is 11.1. The van der Waals surface area contributed by atoms with E-state index >= 15 is 0 Å². The molecule has 6 nitrogen and oxygen atoms in total. The van der Waals surface area contributed by atoms with Gasteiger partial charge in [0, 0.05) is 24.4 Å². The highest BCUT2D eigenvalue weighted by atomic mass is 32.1. The molecule has 0 N–H and O–H groups in total. The van der Waals surface area contributed by atoms with E-state index in [0.717, 1.165) is 16.2 Å². The van der Waals surface area contributed by atoms with Crippen molar-refractivity contribution < 1.29 is 18.3 Å². The third kappa shape index (κ3) is 4.32. The van der Waals surface area contributed by atoms with E-state index in [9.17, 15) is 9.18 Å². The predicted molar refractivity (Wildman–Crippen MR) is 115 cm³/mol. The normalized spacial score (nSPS) is 22.0. The zero-order valence-electron chi connectivity index (χ0n) is 16.8. The summed E-state index contributed by atoms with van der Waals surface area (Å²) in [7, 11) is 0. The monoisotopic (exact) mass is 439 g/mol. The molecule has 3 aromatic rings. The summed E-state index contributed by atoms with van der Waals surface area (Å²) in [6.45, 7) is 2.00. The molecule has 2 unspecified atom stereocenters. The molecule has 1 aromatic carbocycles. The molecule has 4 heterocycles. The van der Waals surface area contributed by atoms with Crippen LogP contribution in [0.4, 0.5) is 4.39 Å². The van der Waals surface area contributed by atoms with Gasteiger partial charge in [-0.2, -0.15) is 5.10 Å². The molecule has 31 heavy (non-hydrogen) atoms. The van der Waals surface area contributed by atoms with E-state index in [0.29, 0.717) is 31.9 Å². The van der Waals surface area contributed by atoms with Crippen LogP contribution < -0.4 is 0 Å². The molecule has 0 bridgehead atoms. The van der Waals surface area contributed by atoms with E-state index in [2.05, 4.69) is 10.0 Å². The van der Waals surface area contributed by atoms with Crippen molar-refractivity contribution in [1.29, 1.82) is 0 Å². The summed E-state index contributed by atoms with van der Waals surface area (Å²) in [6, 6.07) is 13.9. The first-order chi connectivity index (χ1) is 15.2. The average molecular weight is 440 g/mol. The zero-order chi connectivity index (χ0) is 21.2. The average Bonchev–Trinajstić information content (AvgIpc) is 3.55. The molecule has 0 radical (unpaired) electrons. The van der Waals surface area contributed by atoms with Gasteiger partial charge in [0.15, 0.2) is 0 Å². The minimum absolute atomic E-state index is 0.0558. The van der Waals surface area contributed by atoms with Crippen LogP contribution in [0.5, 0.6) is 0 Å². The van der Waals surface area contributed by atoms with Gasteiger partial charge in [-0.05, 0) is 41.3 Å². The van der Waals surface area contributed by atoms with E-state index in [-0.39, 0.29) is 30.4 Å². The van der Waals surface area contributed by atoms with Gasteiger partial charge in [-0.3, -0.25) is 9.69 Å². The number of carbonyl (C=O) groups excluding carboxylic acids is 1. The summed E-state index contributed by atoms with van der Waals surface area (Å²) in [5.74, 6) is 0.366. The third-order valence-corrected chi connectivity index (χ3v) is 6.57. The van der Waals surface area contributed by atoms with Crippen LogP contribution in [0.25, 0.3) is 0 Å². The Morgan fingerprint density at radius 1 is 1.19 bits per heavy atom. The van der Waals surface area contributed by atoms with Crippen LogP contribution in [0.3, 0.4) is 0 Å². The van der Waals surface area contributed by atoms with Crippen molar-refractivity contribution in [3.63, 3.8) is 0 Å². The fourth-order valence-electron chi connectivity index (χ4n) is 4.02. The van der Waals surface area contributed by atoms with Crippen molar-refractivity contribution in [2.45, 2.75) is 18.6 Å². The lowest BCUT2D eigenvalue weighted by Crippen LogP contribution is -2.44. The van der Waals surface area contributed by atoms with Crippen molar-refractivity contribution >= 4 is 23.0 Å². The summed E-state index contributed by atoms with van der Waals surface area (Å²) in [5.41, 5.74) is 1.69. The standard InChI is InChI=1S/C23H22FN3O3S/c24-17-7-5-16(6-8-17)21-14-26(9-11-30-21)15-23(28)27-19(22-4-2-12-31-22)13-18(25-27)20-3-1-10-29-20/h1-8,10,12,19,21H,9,11,13-15H2. The van der Waals surface area contributed by atoms with Gasteiger partial charge >= 0.3 is 0 Å². The Labute approximate surface area is 183 Å². The number of hydrazone groups is 1. The first kappa shape index (κ1) is 20.1. The van der Waals surface area contributed by atoms with Crippen LogP contribution in [0, 0.1) is 5.82 Å². The second-order valence-corrected chi connectivity index (χ2v) is 8.62. The fourth-order valence-corrected chi connectivity index (χ4v) is 4.84. The summed E-state index contributed by atoms with van der Waals surface area (Å²) < 4.78 is 24.6. The minimum Gasteiger partial charge on any atom is -0.463 e. The topological polar surface area (TPSA) is 58.3 Å². The molecular formula is C23H22FN3O3S. The van der Waals surface area contributed by atoms with E-state index in [4.69, 9.17) is 9.15 Å². The number of carbonyl (C=O) groups is 1. The SMILES string of the molecule is O=C(CN1CCOC(c2ccc(F)cc2)C1)N1N=C(c2ccco2)CC1c1cccs1. The van der Waals surface area contributed by atoms with E-state index < -0.39 is 0 Å². The molecule has 2 aromatic heterocycles. The molecule has 2 atom stereocenters. The quantitative estimate of drug-likeness (QED) is 0.597. The fraction of sp³-hybridized carbons (Fsp3) is 0.304. The Morgan fingerprint density at radius 2 is 2.06 bits per heavy atom. The molecule has 1 amide bonds. The van der Waals surface area contributed by atoms with Crippen molar-refractivity contribution in [3.05, 3.63) is 82.2 Å². The molecule has 8 heteroatoms. The van der Waals surface area contributed by atoms with E-state index in [1.807, 2.05) is 29.6 Å². The summed E-state index contributed by atoms with van der Waals surface area (Å²) >= 11 is 1.62. The van der Waals surface area contributed by atoms with E-state index in [1.165, 1.54) is 12.1 Å². The molecule has 2 aliphatic heterocycles. The molecule has 0 saturated carbocycles. The third-order valence-electron chi connectivity index (χ3n) is 5.59. The Balaban J connectivity index is 1.31. The number of hydrogen-bond donors (Lipinski definition) is 0. The lowest BCUT2D eigenvalue weighted by atomic mass is 10.1. The maximum absolute atomic E-state index is 13.3. The van der Waals surface area contributed by atoms with Crippen LogP contribution in [-0.2, 0) is 9.53 Å². The number of hydrogen-bond acceptors (Lipinski definition) is 6. The zero-order valence-corrected chi connectivity index (χ0v) is 17.6. The number of ether oxygens (including phenoxy) is 1. The van der Waals surface area contributed by atoms with Crippen molar-refractivity contribution in [3.8, 4) is 0 Å². The van der Waals surface area contributed by atoms with Crippen LogP contribution in [0.15, 0.2) is 69.7 Å². The predicted octanol–water partition coefficient (Wildman–Crippen LogP) is 4.23. The van der Waals surface area contributed by atoms with Crippen molar-refractivity contribution in [1.82, 2.24) is 9.91 Å². The highest BCUT2D eigenvalue weighted by Crippen LogP contribution is 2.35. The molecule has 0 aliphatic carbocycles. The van der Waals surface area contributed by atoms with E-state index in [1.54, 1.807) is 34.7 Å². The Morgan fingerprint density at radius 3 is 2.81 bits per heavy atom. The van der Waals surface area contributed by atoms with Gasteiger partial charge in [-0.25, -0.2) is 9.40 Å². The van der Waals surface area contributed by atoms with Gasteiger partial charge in [0.1, 0.15) is 17.3 Å². The Hall–Kier alpha value is -2.81. The summed E-state index contributed by atoms with van der Waals surface area (Å²) in [4.78, 5) is 16.5. The Kier molecular flexibility index (Phi) is 5.67. The van der Waals surface area contributed by atoms with Crippen LogP contribution in [0.2, 0.25) is 0 Å². The van der Waals surface area contributed by atoms with Crippen molar-refractivity contribution in [2.24, 2.45) is 5.10 Å². The van der Waals surface area contributed by atoms with Gasteiger partial charge in [-0.15, -0.1) is 11.3 Å². The second kappa shape index (κ2) is 8.74. The molecule has 1 fully saturated rings. The number of nitrogens with zero attached hydrogens (tertiary/aromatic N) is 3. The van der Waals surface area contributed by atoms with Crippen LogP contribution >= 0.6 is 11.3 Å². The number of rotatable bonds is 5. The molecular weight excluding hydrogens is 417 g/mol. The van der Waals surface area contributed by atoms with Gasteiger partial charge in [0.05, 0.1) is 31.6 Å². The largest absolute Gasteiger partial charge is 0.463 e. The molecule has 1 saturated heterocycles. The first-order valence-electron chi connectivity index (χ1n) is 10.2. The van der Waals surface area contributed by atoms with Crippen LogP contribution in [-0.4, -0.2) is 47.8 Å². The number of morpholine rings is 1. The highest BCUT2D eigenvalue weighted by Gasteiger charge is 2.35. The van der Waals surface area contributed by atoms with Gasteiger partial charge in [-0.1, -0.05) is 18.2 Å². The maximum atomic E-state index is 13.3. The van der Waals surface area contributed by atoms with Gasteiger partial charge in [0.25, 0.3) is 5.91 Å². The molecule has 5 rings (SSSR count). The maximum Gasteiger partial charge on any atom is 0.257 e. The Bertz CT molecular complexity index is 1050. The number of furan rings is 1. The van der Waals surface area contributed by atoms with Crippen molar-refractivity contribution in [2.75, 3.05) is 26.2 Å². The molecule has 0 spiro atoms.